The van der Waals surface area contributed by atoms with Crippen molar-refractivity contribution in [1.29, 1.82) is 0 Å². The van der Waals surface area contributed by atoms with Gasteiger partial charge in [-0.2, -0.15) is 11.8 Å². The largest absolute Gasteiger partial charge is 0.356 e. The molecule has 1 aromatic rings. The number of hydrogen-bond acceptors (Lipinski definition) is 4. The first-order valence-electron chi connectivity index (χ1n) is 5.27. The maximum absolute atomic E-state index is 5.54. The topological polar surface area (TPSA) is 42.1 Å². The first-order valence-corrected chi connectivity index (χ1v) is 6.42. The Balaban J connectivity index is 2.07. The van der Waals surface area contributed by atoms with Crippen molar-refractivity contribution in [3.8, 4) is 0 Å². The highest BCUT2D eigenvalue weighted by Crippen LogP contribution is 2.24. The van der Waals surface area contributed by atoms with Crippen LogP contribution in [0.4, 0.5) is 5.82 Å². The molecule has 1 unspecified atom stereocenters. The molecule has 0 radical (unpaired) electrons. The summed E-state index contributed by atoms with van der Waals surface area (Å²) in [5, 5.41) is 0. The molecule has 82 valence electrons. The quantitative estimate of drug-likeness (QED) is 0.843. The van der Waals surface area contributed by atoms with Crippen LogP contribution in [0.25, 0.3) is 0 Å². The number of nitrogens with two attached hydrogens (primary N) is 1. The van der Waals surface area contributed by atoms with Crippen molar-refractivity contribution in [3.05, 3.63) is 23.9 Å². The van der Waals surface area contributed by atoms with Crippen molar-refractivity contribution >= 4 is 17.6 Å². The zero-order valence-corrected chi connectivity index (χ0v) is 9.83. The van der Waals surface area contributed by atoms with E-state index < -0.39 is 0 Å². The molecule has 15 heavy (non-hydrogen) atoms. The average Bonchev–Trinajstić information content (AvgIpc) is 2.82. The zero-order valence-electron chi connectivity index (χ0n) is 9.02. The number of aromatic nitrogens is 1. The molecule has 0 amide bonds. The van der Waals surface area contributed by atoms with Crippen LogP contribution in [0.2, 0.25) is 0 Å². The monoisotopic (exact) mass is 223 g/mol. The van der Waals surface area contributed by atoms with Crippen LogP contribution in [-0.2, 0) is 6.54 Å². The third kappa shape index (κ3) is 2.44. The van der Waals surface area contributed by atoms with E-state index in [1.54, 1.807) is 0 Å². The Kier molecular flexibility index (Phi) is 3.49. The summed E-state index contributed by atoms with van der Waals surface area (Å²) in [5.74, 6) is 3.55. The lowest BCUT2D eigenvalue weighted by molar-refractivity contribution is 0.691. The number of hydrogen-bond donors (Lipinski definition) is 1. The van der Waals surface area contributed by atoms with Crippen molar-refractivity contribution in [1.82, 2.24) is 4.98 Å². The fourth-order valence-corrected chi connectivity index (χ4v) is 3.03. The van der Waals surface area contributed by atoms with Crippen LogP contribution in [0, 0.1) is 0 Å². The summed E-state index contributed by atoms with van der Waals surface area (Å²) in [4.78, 5) is 6.71. The molecule has 4 heteroatoms. The zero-order chi connectivity index (χ0) is 10.7. The number of thioether (sulfide) groups is 1. The van der Waals surface area contributed by atoms with Crippen LogP contribution in [0.3, 0.4) is 0 Å². The maximum atomic E-state index is 5.54. The van der Waals surface area contributed by atoms with Crippen LogP contribution in [0.15, 0.2) is 18.3 Å². The maximum Gasteiger partial charge on any atom is 0.128 e. The van der Waals surface area contributed by atoms with Gasteiger partial charge in [0.1, 0.15) is 5.82 Å². The van der Waals surface area contributed by atoms with E-state index in [4.69, 9.17) is 5.73 Å². The van der Waals surface area contributed by atoms with E-state index in [0.717, 1.165) is 11.4 Å². The molecule has 0 spiro atoms. The van der Waals surface area contributed by atoms with Gasteiger partial charge in [-0.1, -0.05) is 6.07 Å². The van der Waals surface area contributed by atoms with Gasteiger partial charge in [-0.05, 0) is 23.8 Å². The lowest BCUT2D eigenvalue weighted by Gasteiger charge is -2.24. The van der Waals surface area contributed by atoms with Gasteiger partial charge in [-0.25, -0.2) is 4.98 Å². The second kappa shape index (κ2) is 4.86. The van der Waals surface area contributed by atoms with Gasteiger partial charge in [0, 0.05) is 31.6 Å². The molecule has 0 saturated carbocycles. The summed E-state index contributed by atoms with van der Waals surface area (Å²) in [6.07, 6.45) is 3.13. The molecule has 1 aromatic heterocycles. The highest BCUT2D eigenvalue weighted by Gasteiger charge is 2.20. The first-order chi connectivity index (χ1) is 7.31. The number of pyridine rings is 1. The van der Waals surface area contributed by atoms with Crippen LogP contribution in [0.1, 0.15) is 12.0 Å². The summed E-state index contributed by atoms with van der Waals surface area (Å²) in [7, 11) is 2.13. The normalized spacial score (nSPS) is 20.5. The van der Waals surface area contributed by atoms with Gasteiger partial charge < -0.3 is 10.6 Å². The van der Waals surface area contributed by atoms with E-state index in [1.807, 2.05) is 18.0 Å². The Morgan fingerprint density at radius 1 is 1.60 bits per heavy atom. The minimum absolute atomic E-state index is 0.566. The van der Waals surface area contributed by atoms with Crippen LogP contribution < -0.4 is 10.6 Å². The predicted octanol–water partition coefficient (Wildman–Crippen LogP) is 1.48. The van der Waals surface area contributed by atoms with E-state index >= 15 is 0 Å². The van der Waals surface area contributed by atoms with E-state index in [2.05, 4.69) is 29.1 Å². The number of rotatable bonds is 3. The molecule has 1 aliphatic rings. The molecule has 2 heterocycles. The van der Waals surface area contributed by atoms with Gasteiger partial charge in [-0.3, -0.25) is 0 Å². The molecule has 2 rings (SSSR count). The molecule has 0 aliphatic carbocycles. The van der Waals surface area contributed by atoms with Crippen molar-refractivity contribution in [2.45, 2.75) is 19.0 Å². The van der Waals surface area contributed by atoms with E-state index in [-0.39, 0.29) is 0 Å². The highest BCUT2D eigenvalue weighted by atomic mass is 32.2. The van der Waals surface area contributed by atoms with Crippen molar-refractivity contribution < 1.29 is 0 Å². The van der Waals surface area contributed by atoms with E-state index in [0.29, 0.717) is 12.6 Å². The Morgan fingerprint density at radius 2 is 2.47 bits per heavy atom. The Labute approximate surface area is 95.1 Å². The third-order valence-electron chi connectivity index (χ3n) is 2.86. The summed E-state index contributed by atoms with van der Waals surface area (Å²) in [5.41, 5.74) is 6.63. The molecule has 3 nitrogen and oxygen atoms in total. The number of nitrogens with zero attached hydrogens (tertiary/aromatic N) is 2. The minimum atomic E-state index is 0.566. The molecular weight excluding hydrogens is 206 g/mol. The van der Waals surface area contributed by atoms with Gasteiger partial charge >= 0.3 is 0 Å². The van der Waals surface area contributed by atoms with E-state index in [9.17, 15) is 0 Å². The molecular formula is C11H17N3S. The lowest BCUT2D eigenvalue weighted by Crippen LogP contribution is -2.31. The van der Waals surface area contributed by atoms with Crippen molar-refractivity contribution in [3.63, 3.8) is 0 Å². The van der Waals surface area contributed by atoms with Crippen LogP contribution in [-0.4, -0.2) is 29.6 Å². The second-order valence-electron chi connectivity index (χ2n) is 3.86. The molecule has 1 aliphatic heterocycles. The summed E-state index contributed by atoms with van der Waals surface area (Å²) in [6, 6.07) is 4.76. The van der Waals surface area contributed by atoms with Gasteiger partial charge in [0.2, 0.25) is 0 Å². The van der Waals surface area contributed by atoms with E-state index in [1.165, 1.54) is 17.9 Å². The molecule has 0 aromatic carbocycles. The van der Waals surface area contributed by atoms with Gasteiger partial charge in [-0.15, -0.1) is 0 Å². The predicted molar refractivity (Wildman–Crippen MR) is 66.3 cm³/mol. The van der Waals surface area contributed by atoms with Crippen LogP contribution in [0.5, 0.6) is 0 Å². The highest BCUT2D eigenvalue weighted by molar-refractivity contribution is 7.99. The van der Waals surface area contributed by atoms with Crippen molar-refractivity contribution in [2.24, 2.45) is 5.73 Å². The smallest absolute Gasteiger partial charge is 0.128 e. The molecule has 2 N–H and O–H groups in total. The second-order valence-corrected chi connectivity index (χ2v) is 5.01. The Bertz CT molecular complexity index is 306. The molecule has 1 saturated heterocycles. The Morgan fingerprint density at radius 3 is 3.00 bits per heavy atom. The SMILES string of the molecule is CN(c1ccc(CN)cn1)C1CCSC1. The van der Waals surface area contributed by atoms with Gasteiger partial charge in [0.25, 0.3) is 0 Å². The lowest BCUT2D eigenvalue weighted by atomic mass is 10.2. The minimum Gasteiger partial charge on any atom is -0.356 e. The average molecular weight is 223 g/mol. The molecule has 1 fully saturated rings. The molecule has 0 bridgehead atoms. The van der Waals surface area contributed by atoms with Gasteiger partial charge in [0.15, 0.2) is 0 Å². The fourth-order valence-electron chi connectivity index (χ4n) is 1.76. The third-order valence-corrected chi connectivity index (χ3v) is 4.00. The standard InChI is InChI=1S/C11H17N3S/c1-14(10-4-5-15-8-10)11-3-2-9(6-12)7-13-11/h2-3,7,10H,4-6,8,12H2,1H3. The van der Waals surface area contributed by atoms with Crippen molar-refractivity contribution in [2.75, 3.05) is 23.5 Å². The van der Waals surface area contributed by atoms with Gasteiger partial charge in [0.05, 0.1) is 0 Å². The Hall–Kier alpha value is -0.740. The number of anilines is 1. The van der Waals surface area contributed by atoms with Crippen LogP contribution >= 0.6 is 11.8 Å². The fraction of sp³-hybridized carbons (Fsp3) is 0.545. The summed E-state index contributed by atoms with van der Waals surface area (Å²) in [6.45, 7) is 0.566. The first kappa shape index (κ1) is 10.8. The summed E-state index contributed by atoms with van der Waals surface area (Å²) < 4.78 is 0. The molecule has 1 atom stereocenters. The summed E-state index contributed by atoms with van der Waals surface area (Å²) >= 11 is 2.02.